The fourth-order valence-corrected chi connectivity index (χ4v) is 4.65. The Kier molecular flexibility index (Phi) is 7.98. The second kappa shape index (κ2) is 12.3. The third-order valence-electron chi connectivity index (χ3n) is 6.68. The molecule has 1 aliphatic rings. The van der Waals surface area contributed by atoms with E-state index in [2.05, 4.69) is 35.8 Å². The molecule has 43 heavy (non-hydrogen) atoms. The molecule has 0 spiro atoms. The van der Waals surface area contributed by atoms with Crippen LogP contribution in [0.2, 0.25) is 0 Å². The number of nitrogens with one attached hydrogen (secondary N) is 3. The van der Waals surface area contributed by atoms with Crippen molar-refractivity contribution in [2.45, 2.75) is 13.2 Å². The first-order chi connectivity index (χ1) is 20.9. The van der Waals surface area contributed by atoms with Crippen LogP contribution in [0.5, 0.6) is 0 Å². The molecule has 1 atom stereocenters. The second-order valence-electron chi connectivity index (χ2n) is 9.81. The van der Waals surface area contributed by atoms with Gasteiger partial charge in [0.15, 0.2) is 11.6 Å². The summed E-state index contributed by atoms with van der Waals surface area (Å²) in [5.74, 6) is 0.804. The number of amides is 2. The number of benzene rings is 1. The molecule has 1 aromatic carbocycles. The van der Waals surface area contributed by atoms with Crippen LogP contribution < -0.4 is 20.9 Å². The maximum Gasteiger partial charge on any atom is 0.324 e. The number of aromatic nitrogens is 5. The molecule has 12 nitrogen and oxygen atoms in total. The first-order valence-corrected chi connectivity index (χ1v) is 13.6. The van der Waals surface area contributed by atoms with Crippen LogP contribution in [0.1, 0.15) is 6.92 Å². The number of carbonyl (C=O) groups is 1. The number of urea groups is 1. The molecule has 1 fully saturated rings. The number of pyridine rings is 3. The minimum absolute atomic E-state index is 0.327. The Morgan fingerprint density at radius 2 is 1.72 bits per heavy atom. The van der Waals surface area contributed by atoms with Gasteiger partial charge in [-0.25, -0.2) is 24.7 Å². The second-order valence-corrected chi connectivity index (χ2v) is 9.81. The number of hydrogen-bond donors (Lipinski definition) is 4. The lowest BCUT2D eigenvalue weighted by atomic mass is 10.1. The molecular weight excluding hydrogens is 553 g/mol. The summed E-state index contributed by atoms with van der Waals surface area (Å²) >= 11 is 0. The molecule has 4 aromatic heterocycles. The molecule has 6 rings (SSSR count). The molecule has 0 bridgehead atoms. The molecule has 13 heteroatoms. The standard InChI is InChI=1S/C30H28FN9O3/c1-18(41)35-21-5-7-22(8-6-21)36-30(42)38-25-9-4-19(16-33-25)28-37-24-15-20(23-3-2-10-32-27(23)31)17-34-26(24)29(39-28)40-11-13-43-14-12-40/h2-10,15-18,35,41H,11-14H2,1H3,(H2,33,36,38,42). The zero-order chi connectivity index (χ0) is 29.8. The normalized spacial score (nSPS) is 13.9. The smallest absolute Gasteiger partial charge is 0.324 e. The van der Waals surface area contributed by atoms with E-state index in [1.165, 1.54) is 6.20 Å². The fraction of sp³-hybridized carbons (Fsp3) is 0.200. The van der Waals surface area contributed by atoms with Crippen molar-refractivity contribution in [3.05, 3.63) is 79.1 Å². The summed E-state index contributed by atoms with van der Waals surface area (Å²) in [5, 5.41) is 17.7. The average Bonchev–Trinajstić information content (AvgIpc) is 3.02. The topological polar surface area (TPSA) is 150 Å². The summed E-state index contributed by atoms with van der Waals surface area (Å²) in [6.45, 7) is 4.02. The minimum Gasteiger partial charge on any atom is -0.378 e. The maximum absolute atomic E-state index is 14.5. The first-order valence-electron chi connectivity index (χ1n) is 13.6. The Hall–Kier alpha value is -5.27. The van der Waals surface area contributed by atoms with E-state index in [-0.39, 0.29) is 0 Å². The van der Waals surface area contributed by atoms with Gasteiger partial charge in [-0.05, 0) is 61.5 Å². The molecule has 0 aliphatic carbocycles. The van der Waals surface area contributed by atoms with Crippen LogP contribution in [0, 0.1) is 5.95 Å². The van der Waals surface area contributed by atoms with Crippen LogP contribution in [-0.2, 0) is 4.74 Å². The Balaban J connectivity index is 1.25. The molecule has 0 radical (unpaired) electrons. The predicted molar refractivity (Wildman–Crippen MR) is 161 cm³/mol. The summed E-state index contributed by atoms with van der Waals surface area (Å²) in [6, 6.07) is 15.0. The molecule has 1 aliphatic heterocycles. The van der Waals surface area contributed by atoms with E-state index in [1.54, 1.807) is 73.9 Å². The van der Waals surface area contributed by atoms with Gasteiger partial charge < -0.3 is 25.4 Å². The minimum atomic E-state index is -0.687. The zero-order valence-electron chi connectivity index (χ0n) is 23.2. The van der Waals surface area contributed by atoms with Gasteiger partial charge in [-0.2, -0.15) is 4.39 Å². The zero-order valence-corrected chi connectivity index (χ0v) is 23.2. The lowest BCUT2D eigenvalue weighted by molar-refractivity contribution is 0.122. The molecule has 218 valence electrons. The summed E-state index contributed by atoms with van der Waals surface area (Å²) < 4.78 is 20.0. The van der Waals surface area contributed by atoms with Gasteiger partial charge in [0.25, 0.3) is 0 Å². The van der Waals surface area contributed by atoms with E-state index in [4.69, 9.17) is 14.7 Å². The maximum atomic E-state index is 14.5. The molecule has 4 N–H and O–H groups in total. The third kappa shape index (κ3) is 6.47. The van der Waals surface area contributed by atoms with E-state index in [1.807, 2.05) is 0 Å². The number of ether oxygens (including phenoxy) is 1. The van der Waals surface area contributed by atoms with Gasteiger partial charge in [0.2, 0.25) is 5.95 Å². The number of aliphatic hydroxyl groups is 1. The number of carbonyl (C=O) groups excluding carboxylic acids is 1. The Morgan fingerprint density at radius 1 is 0.953 bits per heavy atom. The number of aliphatic hydroxyl groups excluding tert-OH is 1. The van der Waals surface area contributed by atoms with Crippen LogP contribution >= 0.6 is 0 Å². The van der Waals surface area contributed by atoms with Gasteiger partial charge in [-0.1, -0.05) is 0 Å². The Morgan fingerprint density at radius 3 is 2.44 bits per heavy atom. The monoisotopic (exact) mass is 581 g/mol. The highest BCUT2D eigenvalue weighted by atomic mass is 19.1. The molecule has 1 unspecified atom stereocenters. The largest absolute Gasteiger partial charge is 0.378 e. The lowest BCUT2D eigenvalue weighted by Gasteiger charge is -2.28. The number of anilines is 4. The Labute approximate surface area is 246 Å². The molecular formula is C30H28FN9O3. The highest BCUT2D eigenvalue weighted by Crippen LogP contribution is 2.30. The van der Waals surface area contributed by atoms with Crippen molar-refractivity contribution >= 4 is 40.1 Å². The fourth-order valence-electron chi connectivity index (χ4n) is 4.65. The number of rotatable bonds is 7. The van der Waals surface area contributed by atoms with Crippen LogP contribution in [0.25, 0.3) is 33.5 Å². The first kappa shape index (κ1) is 27.9. The van der Waals surface area contributed by atoms with E-state index in [9.17, 15) is 14.3 Å². The highest BCUT2D eigenvalue weighted by molar-refractivity contribution is 5.99. The predicted octanol–water partition coefficient (Wildman–Crippen LogP) is 4.52. The van der Waals surface area contributed by atoms with Crippen LogP contribution in [0.4, 0.5) is 32.2 Å². The van der Waals surface area contributed by atoms with Crippen LogP contribution in [0.3, 0.4) is 0 Å². The Bertz CT molecular complexity index is 1750. The summed E-state index contributed by atoms with van der Waals surface area (Å²) in [5.41, 5.74) is 3.94. The van der Waals surface area contributed by atoms with Gasteiger partial charge in [-0.15, -0.1) is 0 Å². The number of fused-ring (bicyclic) bond motifs is 1. The van der Waals surface area contributed by atoms with Crippen molar-refractivity contribution in [2.75, 3.05) is 47.2 Å². The molecule has 2 amide bonds. The van der Waals surface area contributed by atoms with Gasteiger partial charge in [-0.3, -0.25) is 10.3 Å². The number of hydrogen-bond acceptors (Lipinski definition) is 10. The summed E-state index contributed by atoms with van der Waals surface area (Å²) in [6.07, 6.45) is 3.89. The van der Waals surface area contributed by atoms with E-state index >= 15 is 0 Å². The SMILES string of the molecule is CC(O)Nc1ccc(NC(=O)Nc2ccc(-c3nc(N4CCOCC4)c4ncc(-c5cccnc5F)cc4n3)cn2)cc1. The summed E-state index contributed by atoms with van der Waals surface area (Å²) in [7, 11) is 0. The van der Waals surface area contributed by atoms with Gasteiger partial charge in [0.05, 0.1) is 18.7 Å². The third-order valence-corrected chi connectivity index (χ3v) is 6.68. The number of halogens is 1. The van der Waals surface area contributed by atoms with Crippen molar-refractivity contribution in [1.29, 1.82) is 0 Å². The van der Waals surface area contributed by atoms with Crippen molar-refractivity contribution in [1.82, 2.24) is 24.9 Å². The van der Waals surface area contributed by atoms with Crippen molar-refractivity contribution in [3.8, 4) is 22.5 Å². The van der Waals surface area contributed by atoms with E-state index in [0.29, 0.717) is 77.2 Å². The lowest BCUT2D eigenvalue weighted by Crippen LogP contribution is -2.37. The number of nitrogens with zero attached hydrogens (tertiary/aromatic N) is 6. The summed E-state index contributed by atoms with van der Waals surface area (Å²) in [4.78, 5) is 37.0. The highest BCUT2D eigenvalue weighted by Gasteiger charge is 2.20. The van der Waals surface area contributed by atoms with Gasteiger partial charge in [0, 0.05) is 59.7 Å². The van der Waals surface area contributed by atoms with Crippen LogP contribution in [0.15, 0.2) is 73.2 Å². The molecule has 1 saturated heterocycles. The van der Waals surface area contributed by atoms with E-state index < -0.39 is 18.2 Å². The molecule has 5 heterocycles. The van der Waals surface area contributed by atoms with Crippen molar-refractivity contribution < 1.29 is 19.0 Å². The molecule has 0 saturated carbocycles. The van der Waals surface area contributed by atoms with Crippen molar-refractivity contribution in [2.24, 2.45) is 0 Å². The van der Waals surface area contributed by atoms with Gasteiger partial charge in [0.1, 0.15) is 17.6 Å². The van der Waals surface area contributed by atoms with Crippen molar-refractivity contribution in [3.63, 3.8) is 0 Å². The van der Waals surface area contributed by atoms with Crippen LogP contribution in [-0.4, -0.2) is 68.6 Å². The van der Waals surface area contributed by atoms with E-state index in [0.717, 1.165) is 5.69 Å². The number of morpholine rings is 1. The van der Waals surface area contributed by atoms with Gasteiger partial charge >= 0.3 is 6.03 Å². The average molecular weight is 582 g/mol. The molecule has 5 aromatic rings. The quantitative estimate of drug-likeness (QED) is 0.160.